The summed E-state index contributed by atoms with van der Waals surface area (Å²) >= 11 is 1.54. The van der Waals surface area contributed by atoms with Gasteiger partial charge in [-0.2, -0.15) is 5.10 Å². The molecule has 3 nitrogen and oxygen atoms in total. The van der Waals surface area contributed by atoms with E-state index in [2.05, 4.69) is 5.10 Å². The summed E-state index contributed by atoms with van der Waals surface area (Å²) in [4.78, 5) is 14.2. The summed E-state index contributed by atoms with van der Waals surface area (Å²) in [7, 11) is 1.91. The van der Waals surface area contributed by atoms with Crippen molar-refractivity contribution in [2.45, 2.75) is 13.3 Å². The van der Waals surface area contributed by atoms with Crippen molar-refractivity contribution < 1.29 is 4.79 Å². The van der Waals surface area contributed by atoms with Crippen LogP contribution in [0, 0.1) is 6.92 Å². The Balaban J connectivity index is 1.95. The Labute approximate surface area is 115 Å². The highest BCUT2D eigenvalue weighted by molar-refractivity contribution is 7.14. The summed E-state index contributed by atoms with van der Waals surface area (Å²) in [5.74, 6) is 0.141. The van der Waals surface area contributed by atoms with Crippen LogP contribution >= 0.6 is 11.3 Å². The molecule has 2 heterocycles. The van der Waals surface area contributed by atoms with Gasteiger partial charge in [-0.05, 0) is 25.1 Å². The number of benzene rings is 1. The first-order valence-corrected chi connectivity index (χ1v) is 6.97. The SMILES string of the molecule is Cc1ccc(C(=O)Cc2nn(C)c3ccccc23)s1. The van der Waals surface area contributed by atoms with E-state index in [1.807, 2.05) is 55.1 Å². The van der Waals surface area contributed by atoms with Crippen molar-refractivity contribution in [3.63, 3.8) is 0 Å². The number of nitrogens with zero attached hydrogens (tertiary/aromatic N) is 2. The van der Waals surface area contributed by atoms with Crippen molar-refractivity contribution in [2.75, 3.05) is 0 Å². The molecule has 0 aliphatic carbocycles. The van der Waals surface area contributed by atoms with E-state index in [4.69, 9.17) is 0 Å². The van der Waals surface area contributed by atoms with E-state index in [0.29, 0.717) is 6.42 Å². The van der Waals surface area contributed by atoms with Gasteiger partial charge >= 0.3 is 0 Å². The summed E-state index contributed by atoms with van der Waals surface area (Å²) in [6.07, 6.45) is 0.362. The molecule has 96 valence electrons. The van der Waals surface area contributed by atoms with Gasteiger partial charge in [0.05, 0.1) is 22.5 Å². The summed E-state index contributed by atoms with van der Waals surface area (Å²) in [5.41, 5.74) is 1.92. The van der Waals surface area contributed by atoms with Gasteiger partial charge in [-0.3, -0.25) is 9.48 Å². The number of hydrogen-bond donors (Lipinski definition) is 0. The minimum atomic E-state index is 0.141. The summed E-state index contributed by atoms with van der Waals surface area (Å²) in [6, 6.07) is 11.9. The van der Waals surface area contributed by atoms with Gasteiger partial charge in [0.2, 0.25) is 0 Å². The number of carbonyl (C=O) groups is 1. The van der Waals surface area contributed by atoms with Gasteiger partial charge in [0, 0.05) is 17.3 Å². The summed E-state index contributed by atoms with van der Waals surface area (Å²) in [5, 5.41) is 5.52. The third-order valence-corrected chi connectivity index (χ3v) is 4.22. The van der Waals surface area contributed by atoms with E-state index in [1.54, 1.807) is 11.3 Å². The number of aryl methyl sites for hydroxylation is 2. The normalized spacial score (nSPS) is 11.1. The fraction of sp³-hybridized carbons (Fsp3) is 0.200. The lowest BCUT2D eigenvalue weighted by Gasteiger charge is -1.95. The number of hydrogen-bond acceptors (Lipinski definition) is 3. The molecule has 0 saturated carbocycles. The van der Waals surface area contributed by atoms with Crippen LogP contribution in [0.4, 0.5) is 0 Å². The lowest BCUT2D eigenvalue weighted by atomic mass is 10.1. The fourth-order valence-electron chi connectivity index (χ4n) is 2.24. The predicted octanol–water partition coefficient (Wildman–Crippen LogP) is 3.37. The van der Waals surface area contributed by atoms with E-state index in [0.717, 1.165) is 26.4 Å². The van der Waals surface area contributed by atoms with Crippen LogP contribution in [0.3, 0.4) is 0 Å². The molecule has 0 radical (unpaired) electrons. The Morgan fingerprint density at radius 1 is 1.26 bits per heavy atom. The average molecular weight is 270 g/mol. The minimum absolute atomic E-state index is 0.141. The van der Waals surface area contributed by atoms with Crippen molar-refractivity contribution in [2.24, 2.45) is 7.05 Å². The second kappa shape index (κ2) is 4.63. The van der Waals surface area contributed by atoms with Crippen LogP contribution in [-0.2, 0) is 13.5 Å². The summed E-state index contributed by atoms with van der Waals surface area (Å²) in [6.45, 7) is 2.01. The maximum Gasteiger partial charge on any atom is 0.178 e. The third kappa shape index (κ3) is 2.19. The van der Waals surface area contributed by atoms with Gasteiger partial charge in [-0.25, -0.2) is 0 Å². The topological polar surface area (TPSA) is 34.9 Å². The molecule has 0 saturated heterocycles. The number of fused-ring (bicyclic) bond motifs is 1. The van der Waals surface area contributed by atoms with Gasteiger partial charge in [-0.1, -0.05) is 18.2 Å². The zero-order valence-electron chi connectivity index (χ0n) is 10.9. The van der Waals surface area contributed by atoms with Crippen LogP contribution in [0.2, 0.25) is 0 Å². The zero-order chi connectivity index (χ0) is 13.4. The van der Waals surface area contributed by atoms with E-state index in [-0.39, 0.29) is 5.78 Å². The molecule has 0 amide bonds. The molecule has 19 heavy (non-hydrogen) atoms. The van der Waals surface area contributed by atoms with Crippen molar-refractivity contribution in [3.8, 4) is 0 Å². The Kier molecular flexibility index (Phi) is 2.95. The van der Waals surface area contributed by atoms with Crippen molar-refractivity contribution in [1.29, 1.82) is 0 Å². The third-order valence-electron chi connectivity index (χ3n) is 3.18. The standard InChI is InChI=1S/C15H14N2OS/c1-10-7-8-15(19-10)14(18)9-12-11-5-3-4-6-13(11)17(2)16-12/h3-8H,9H2,1-2H3. The van der Waals surface area contributed by atoms with Gasteiger partial charge in [0.1, 0.15) is 0 Å². The number of thiophene rings is 1. The van der Waals surface area contributed by atoms with E-state index < -0.39 is 0 Å². The molecule has 2 aromatic heterocycles. The number of rotatable bonds is 3. The fourth-order valence-corrected chi connectivity index (χ4v) is 3.05. The Hall–Kier alpha value is -1.94. The minimum Gasteiger partial charge on any atom is -0.293 e. The van der Waals surface area contributed by atoms with Crippen LogP contribution in [0.5, 0.6) is 0 Å². The average Bonchev–Trinajstić information content (AvgIpc) is 2.96. The highest BCUT2D eigenvalue weighted by Gasteiger charge is 2.14. The lowest BCUT2D eigenvalue weighted by molar-refractivity contribution is 0.0996. The number of aromatic nitrogens is 2. The molecule has 4 heteroatoms. The maximum absolute atomic E-state index is 12.2. The number of ketones is 1. The maximum atomic E-state index is 12.2. The Morgan fingerprint density at radius 2 is 2.05 bits per heavy atom. The molecule has 0 unspecified atom stereocenters. The molecule has 3 aromatic rings. The Morgan fingerprint density at radius 3 is 2.79 bits per heavy atom. The molecular formula is C15H14N2OS. The first kappa shape index (κ1) is 12.1. The molecule has 0 atom stereocenters. The molecule has 0 aliphatic heterocycles. The van der Waals surface area contributed by atoms with E-state index >= 15 is 0 Å². The molecule has 0 N–H and O–H groups in total. The number of Topliss-reactive ketones (excluding diaryl/α,β-unsaturated/α-hetero) is 1. The second-order valence-electron chi connectivity index (χ2n) is 4.60. The van der Waals surface area contributed by atoms with Gasteiger partial charge in [0.25, 0.3) is 0 Å². The highest BCUT2D eigenvalue weighted by atomic mass is 32.1. The largest absolute Gasteiger partial charge is 0.293 e. The van der Waals surface area contributed by atoms with Crippen LogP contribution < -0.4 is 0 Å². The predicted molar refractivity (Wildman–Crippen MR) is 77.8 cm³/mol. The summed E-state index contributed by atoms with van der Waals surface area (Å²) < 4.78 is 1.83. The van der Waals surface area contributed by atoms with Crippen LogP contribution in [0.25, 0.3) is 10.9 Å². The van der Waals surface area contributed by atoms with Gasteiger partial charge < -0.3 is 0 Å². The number of carbonyl (C=O) groups excluding carboxylic acids is 1. The number of para-hydroxylation sites is 1. The van der Waals surface area contributed by atoms with Crippen LogP contribution in [-0.4, -0.2) is 15.6 Å². The van der Waals surface area contributed by atoms with Gasteiger partial charge in [-0.15, -0.1) is 11.3 Å². The highest BCUT2D eigenvalue weighted by Crippen LogP contribution is 2.21. The molecule has 0 fully saturated rings. The van der Waals surface area contributed by atoms with Crippen molar-refractivity contribution in [3.05, 3.63) is 51.8 Å². The second-order valence-corrected chi connectivity index (χ2v) is 5.89. The Bertz CT molecular complexity index is 754. The quantitative estimate of drug-likeness (QED) is 0.684. The molecule has 0 spiro atoms. The first-order valence-electron chi connectivity index (χ1n) is 6.15. The van der Waals surface area contributed by atoms with Crippen LogP contribution in [0.1, 0.15) is 20.2 Å². The van der Waals surface area contributed by atoms with Crippen molar-refractivity contribution in [1.82, 2.24) is 9.78 Å². The zero-order valence-corrected chi connectivity index (χ0v) is 11.7. The lowest BCUT2D eigenvalue weighted by Crippen LogP contribution is -2.02. The van der Waals surface area contributed by atoms with Crippen LogP contribution in [0.15, 0.2) is 36.4 Å². The van der Waals surface area contributed by atoms with Gasteiger partial charge in [0.15, 0.2) is 5.78 Å². The smallest absolute Gasteiger partial charge is 0.178 e. The molecular weight excluding hydrogens is 256 g/mol. The van der Waals surface area contributed by atoms with Crippen molar-refractivity contribution >= 4 is 28.0 Å². The monoisotopic (exact) mass is 270 g/mol. The van der Waals surface area contributed by atoms with E-state index in [9.17, 15) is 4.79 Å². The van der Waals surface area contributed by atoms with E-state index in [1.165, 1.54) is 0 Å². The molecule has 0 bridgehead atoms. The molecule has 0 aliphatic rings. The molecule has 1 aromatic carbocycles. The molecule has 3 rings (SSSR count). The first-order chi connectivity index (χ1) is 9.15.